The third-order valence-electron chi connectivity index (χ3n) is 6.78. The van der Waals surface area contributed by atoms with E-state index in [2.05, 4.69) is 32.9 Å². The summed E-state index contributed by atoms with van der Waals surface area (Å²) < 4.78 is 11.3. The third kappa shape index (κ3) is 2.81. The van der Waals surface area contributed by atoms with Crippen molar-refractivity contribution in [3.63, 3.8) is 0 Å². The Kier molecular flexibility index (Phi) is 3.94. The van der Waals surface area contributed by atoms with Crippen molar-refractivity contribution in [2.75, 3.05) is 6.61 Å². The van der Waals surface area contributed by atoms with Crippen LogP contribution in [0, 0.1) is 23.7 Å². The highest BCUT2D eigenvalue weighted by Crippen LogP contribution is 2.53. The predicted molar refractivity (Wildman–Crippen MR) is 89.8 cm³/mol. The molecule has 3 fully saturated rings. The molecule has 128 valence electrons. The van der Waals surface area contributed by atoms with Gasteiger partial charge in [-0.05, 0) is 76.2 Å². The summed E-state index contributed by atoms with van der Waals surface area (Å²) in [6.07, 6.45) is 10.6. The second-order valence-corrected chi connectivity index (χ2v) is 8.50. The Morgan fingerprint density at radius 3 is 2.87 bits per heavy atom. The zero-order valence-corrected chi connectivity index (χ0v) is 14.6. The first-order chi connectivity index (χ1) is 11.0. The zero-order chi connectivity index (χ0) is 16.2. The molecule has 4 aliphatic rings. The van der Waals surface area contributed by atoms with Gasteiger partial charge in [0.05, 0.1) is 18.3 Å². The molecule has 2 aliphatic carbocycles. The maximum atomic E-state index is 10.4. The van der Waals surface area contributed by atoms with Crippen molar-refractivity contribution in [2.24, 2.45) is 23.7 Å². The van der Waals surface area contributed by atoms with Gasteiger partial charge in [-0.25, -0.2) is 0 Å². The van der Waals surface area contributed by atoms with E-state index in [1.807, 2.05) is 0 Å². The number of allylic oxidation sites excluding steroid dienone is 2. The van der Waals surface area contributed by atoms with E-state index in [0.717, 1.165) is 18.8 Å². The Morgan fingerprint density at radius 1 is 1.35 bits per heavy atom. The van der Waals surface area contributed by atoms with Crippen LogP contribution in [0.25, 0.3) is 0 Å². The SMILES string of the molecule is C/C(=C/C[C@H]1OC1(C)C)[C@H]1CC[C@@H]2CCC=C3CO[C@@H](O)[C@@H]3[C@H]21. The lowest BCUT2D eigenvalue weighted by Crippen LogP contribution is -2.31. The van der Waals surface area contributed by atoms with Crippen molar-refractivity contribution in [1.82, 2.24) is 0 Å². The smallest absolute Gasteiger partial charge is 0.161 e. The van der Waals surface area contributed by atoms with E-state index < -0.39 is 6.29 Å². The number of fused-ring (bicyclic) bond motifs is 3. The molecule has 1 N–H and O–H groups in total. The van der Waals surface area contributed by atoms with Crippen LogP contribution in [0.15, 0.2) is 23.3 Å². The maximum Gasteiger partial charge on any atom is 0.161 e. The topological polar surface area (TPSA) is 42.0 Å². The van der Waals surface area contributed by atoms with Gasteiger partial charge in [-0.2, -0.15) is 0 Å². The lowest BCUT2D eigenvalue weighted by atomic mass is 9.74. The second kappa shape index (κ2) is 5.72. The van der Waals surface area contributed by atoms with E-state index in [9.17, 15) is 5.11 Å². The number of aliphatic hydroxyl groups is 1. The summed E-state index contributed by atoms with van der Waals surface area (Å²) in [5.41, 5.74) is 2.93. The lowest BCUT2D eigenvalue weighted by Gasteiger charge is -2.31. The molecular weight excluding hydrogens is 288 g/mol. The fraction of sp³-hybridized carbons (Fsp3) is 0.800. The van der Waals surface area contributed by atoms with Gasteiger partial charge in [0.25, 0.3) is 0 Å². The molecule has 3 heteroatoms. The van der Waals surface area contributed by atoms with Gasteiger partial charge in [0.15, 0.2) is 6.29 Å². The van der Waals surface area contributed by atoms with E-state index in [4.69, 9.17) is 9.47 Å². The third-order valence-corrected chi connectivity index (χ3v) is 6.78. The molecule has 0 amide bonds. The highest BCUT2D eigenvalue weighted by Gasteiger charge is 2.49. The summed E-state index contributed by atoms with van der Waals surface area (Å²) in [6, 6.07) is 0. The van der Waals surface area contributed by atoms with Gasteiger partial charge in [-0.15, -0.1) is 0 Å². The zero-order valence-electron chi connectivity index (χ0n) is 14.6. The highest BCUT2D eigenvalue weighted by molar-refractivity contribution is 5.21. The summed E-state index contributed by atoms with van der Waals surface area (Å²) in [7, 11) is 0. The summed E-state index contributed by atoms with van der Waals surface area (Å²) in [4.78, 5) is 0. The average Bonchev–Trinajstić information content (AvgIpc) is 2.79. The number of aliphatic hydroxyl groups excluding tert-OH is 1. The minimum atomic E-state index is -0.592. The summed E-state index contributed by atoms with van der Waals surface area (Å²) >= 11 is 0. The average molecular weight is 318 g/mol. The molecule has 0 aromatic rings. The predicted octanol–water partition coefficient (Wildman–Crippen LogP) is 3.83. The first-order valence-corrected chi connectivity index (χ1v) is 9.30. The standard InChI is InChI=1S/C20H30O3/c1-12(7-10-16-20(2,3)23-16)15-9-8-13-5-4-6-14-11-22-19(21)18(14)17(13)15/h6-7,13,15-19,21H,4-5,8-11H2,1-3H3/b12-7-/t13-,15+,16+,17+,18-,19+/m0/s1. The number of hydrogen-bond donors (Lipinski definition) is 1. The maximum absolute atomic E-state index is 10.4. The van der Waals surface area contributed by atoms with Crippen LogP contribution < -0.4 is 0 Å². The molecule has 23 heavy (non-hydrogen) atoms. The minimum Gasteiger partial charge on any atom is -0.367 e. The Morgan fingerprint density at radius 2 is 2.13 bits per heavy atom. The van der Waals surface area contributed by atoms with Crippen LogP contribution in [0.2, 0.25) is 0 Å². The molecule has 0 unspecified atom stereocenters. The fourth-order valence-corrected chi connectivity index (χ4v) is 5.31. The van der Waals surface area contributed by atoms with Crippen molar-refractivity contribution in [3.8, 4) is 0 Å². The van der Waals surface area contributed by atoms with Crippen molar-refractivity contribution in [3.05, 3.63) is 23.3 Å². The number of hydrogen-bond acceptors (Lipinski definition) is 3. The van der Waals surface area contributed by atoms with Crippen LogP contribution in [0.4, 0.5) is 0 Å². The summed E-state index contributed by atoms with van der Waals surface area (Å²) in [5, 5.41) is 10.4. The lowest BCUT2D eigenvalue weighted by molar-refractivity contribution is -0.0981. The second-order valence-electron chi connectivity index (χ2n) is 8.50. The monoisotopic (exact) mass is 318 g/mol. The number of epoxide rings is 1. The van der Waals surface area contributed by atoms with Crippen LogP contribution in [0.1, 0.15) is 52.9 Å². The number of rotatable bonds is 3. The molecular formula is C20H30O3. The van der Waals surface area contributed by atoms with Crippen molar-refractivity contribution >= 4 is 0 Å². The van der Waals surface area contributed by atoms with Gasteiger partial charge in [-0.3, -0.25) is 0 Å². The quantitative estimate of drug-likeness (QED) is 0.635. The molecule has 1 saturated carbocycles. The minimum absolute atomic E-state index is 0.0721. The number of ether oxygens (including phenoxy) is 2. The molecule has 0 radical (unpaired) electrons. The fourth-order valence-electron chi connectivity index (χ4n) is 5.31. The Bertz CT molecular complexity index is 533. The largest absolute Gasteiger partial charge is 0.367 e. The molecule has 0 aromatic heterocycles. The van der Waals surface area contributed by atoms with Crippen LogP contribution >= 0.6 is 0 Å². The van der Waals surface area contributed by atoms with E-state index in [1.165, 1.54) is 30.4 Å². The van der Waals surface area contributed by atoms with Crippen LogP contribution in [-0.4, -0.2) is 29.7 Å². The highest BCUT2D eigenvalue weighted by atomic mass is 16.6. The molecule has 2 saturated heterocycles. The Labute approximate surface area is 139 Å². The van der Waals surface area contributed by atoms with Gasteiger partial charge in [0, 0.05) is 5.92 Å². The Hall–Kier alpha value is -0.640. The van der Waals surface area contributed by atoms with Crippen molar-refractivity contribution in [1.29, 1.82) is 0 Å². The van der Waals surface area contributed by atoms with Crippen LogP contribution in [0.3, 0.4) is 0 Å². The molecule has 0 spiro atoms. The molecule has 6 atom stereocenters. The van der Waals surface area contributed by atoms with Gasteiger partial charge in [0.1, 0.15) is 0 Å². The molecule has 0 bridgehead atoms. The van der Waals surface area contributed by atoms with Crippen LogP contribution in [0.5, 0.6) is 0 Å². The Balaban J connectivity index is 1.52. The van der Waals surface area contributed by atoms with Gasteiger partial charge in [0.2, 0.25) is 0 Å². The molecule has 2 aliphatic heterocycles. The first kappa shape index (κ1) is 15.9. The first-order valence-electron chi connectivity index (χ1n) is 9.30. The van der Waals surface area contributed by atoms with Crippen molar-refractivity contribution < 1.29 is 14.6 Å². The van der Waals surface area contributed by atoms with Gasteiger partial charge in [-0.1, -0.05) is 17.7 Å². The van der Waals surface area contributed by atoms with E-state index in [-0.39, 0.29) is 11.5 Å². The molecule has 2 heterocycles. The van der Waals surface area contributed by atoms with Gasteiger partial charge >= 0.3 is 0 Å². The van der Waals surface area contributed by atoms with E-state index >= 15 is 0 Å². The van der Waals surface area contributed by atoms with Crippen LogP contribution in [-0.2, 0) is 9.47 Å². The van der Waals surface area contributed by atoms with Gasteiger partial charge < -0.3 is 14.6 Å². The molecule has 0 aromatic carbocycles. The summed E-state index contributed by atoms with van der Waals surface area (Å²) in [5.74, 6) is 2.13. The van der Waals surface area contributed by atoms with Crippen molar-refractivity contribution in [2.45, 2.75) is 70.9 Å². The molecule has 4 rings (SSSR count). The normalized spacial score (nSPS) is 45.2. The van der Waals surface area contributed by atoms with E-state index in [1.54, 1.807) is 0 Å². The summed E-state index contributed by atoms with van der Waals surface area (Å²) in [6.45, 7) is 7.26. The molecule has 3 nitrogen and oxygen atoms in total. The van der Waals surface area contributed by atoms with E-state index in [0.29, 0.717) is 24.5 Å².